The number of nitrogens with zero attached hydrogens (tertiary/aromatic N) is 5. The first kappa shape index (κ1) is 20.5. The Labute approximate surface area is 187 Å². The number of tetrazole rings is 1. The molecule has 5 rings (SSSR count). The summed E-state index contributed by atoms with van der Waals surface area (Å²) in [5.74, 6) is 0.160. The third-order valence-electron chi connectivity index (χ3n) is 6.20. The average molecular weight is 464 g/mol. The van der Waals surface area contributed by atoms with Crippen molar-refractivity contribution in [2.45, 2.75) is 61.6 Å². The van der Waals surface area contributed by atoms with E-state index < -0.39 is 17.7 Å². The zero-order chi connectivity index (χ0) is 22.3. The summed E-state index contributed by atoms with van der Waals surface area (Å²) in [6.07, 6.45) is 0. The minimum absolute atomic E-state index is 0.0469. The Hall–Kier alpha value is -2.37. The quantitative estimate of drug-likeness (QED) is 0.585. The first-order valence-electron chi connectivity index (χ1n) is 9.86. The van der Waals surface area contributed by atoms with Crippen LogP contribution in [-0.4, -0.2) is 69.2 Å². The van der Waals surface area contributed by atoms with Crippen LogP contribution in [0.3, 0.4) is 0 Å². The lowest BCUT2D eigenvalue weighted by Crippen LogP contribution is -2.71. The fourth-order valence-corrected chi connectivity index (χ4v) is 6.74. The number of hydrogen-bond acceptors (Lipinski definition) is 8. The number of amides is 2. The van der Waals surface area contributed by atoms with Crippen molar-refractivity contribution >= 4 is 35.2 Å². The van der Waals surface area contributed by atoms with Gasteiger partial charge in [-0.3, -0.25) is 14.9 Å². The van der Waals surface area contributed by atoms with Gasteiger partial charge >= 0.3 is 0 Å². The zero-order valence-electron chi connectivity index (χ0n) is 17.3. The van der Waals surface area contributed by atoms with Crippen molar-refractivity contribution in [2.24, 2.45) is 0 Å². The summed E-state index contributed by atoms with van der Waals surface area (Å²) in [7, 11) is 0. The first-order chi connectivity index (χ1) is 14.5. The molecule has 3 saturated heterocycles. The van der Waals surface area contributed by atoms with Crippen LogP contribution in [0.5, 0.6) is 5.75 Å². The van der Waals surface area contributed by atoms with E-state index in [1.54, 1.807) is 33.7 Å². The second-order valence-electron chi connectivity index (χ2n) is 9.05. The maximum Gasteiger partial charge on any atom is 0.250 e. The van der Waals surface area contributed by atoms with Crippen LogP contribution < -0.4 is 5.32 Å². The molecule has 2 aromatic rings. The predicted molar refractivity (Wildman–Crippen MR) is 113 cm³/mol. The van der Waals surface area contributed by atoms with Crippen molar-refractivity contribution in [3.63, 3.8) is 0 Å². The molecular formula is C19H22ClN7O3S. The monoisotopic (exact) mass is 463 g/mol. The summed E-state index contributed by atoms with van der Waals surface area (Å²) in [4.78, 5) is 30.3. The van der Waals surface area contributed by atoms with E-state index in [0.717, 1.165) is 0 Å². The molecular weight excluding hydrogens is 442 g/mol. The van der Waals surface area contributed by atoms with Crippen molar-refractivity contribution < 1.29 is 14.7 Å². The minimum Gasteiger partial charge on any atom is -0.506 e. The number of H-pyrrole nitrogens is 1. The summed E-state index contributed by atoms with van der Waals surface area (Å²) in [5.41, 5.74) is -0.119. The number of halogens is 1. The van der Waals surface area contributed by atoms with Crippen LogP contribution in [0.1, 0.15) is 51.2 Å². The van der Waals surface area contributed by atoms with Gasteiger partial charge in [0, 0.05) is 4.75 Å². The number of phenols is 1. The molecule has 2 amide bonds. The van der Waals surface area contributed by atoms with Gasteiger partial charge in [-0.25, -0.2) is 5.10 Å². The van der Waals surface area contributed by atoms with Gasteiger partial charge in [0.2, 0.25) is 11.8 Å². The molecule has 1 aromatic carbocycles. The van der Waals surface area contributed by atoms with Crippen LogP contribution in [0.2, 0.25) is 5.02 Å². The highest BCUT2D eigenvalue weighted by Gasteiger charge is 2.67. The fourth-order valence-electron chi connectivity index (χ4n) is 4.87. The number of aromatic nitrogens is 4. The van der Waals surface area contributed by atoms with Crippen LogP contribution in [0.25, 0.3) is 0 Å². The number of aromatic hydroxyl groups is 1. The molecule has 3 aliphatic heterocycles. The van der Waals surface area contributed by atoms with Gasteiger partial charge in [0.05, 0.1) is 10.7 Å². The molecule has 0 spiro atoms. The lowest BCUT2D eigenvalue weighted by atomic mass is 9.93. The van der Waals surface area contributed by atoms with Gasteiger partial charge in [-0.2, -0.15) is 0 Å². The lowest BCUT2D eigenvalue weighted by molar-refractivity contribution is -0.165. The predicted octanol–water partition coefficient (Wildman–Crippen LogP) is 1.57. The number of β-lactam (4-membered cyclic amide) rings is 1. The smallest absolute Gasteiger partial charge is 0.250 e. The summed E-state index contributed by atoms with van der Waals surface area (Å²) in [5, 5.41) is 27.1. The summed E-state index contributed by atoms with van der Waals surface area (Å²) >= 11 is 7.70. The minimum atomic E-state index is -0.755. The van der Waals surface area contributed by atoms with E-state index in [0.29, 0.717) is 11.4 Å². The molecule has 4 heterocycles. The van der Waals surface area contributed by atoms with E-state index in [4.69, 9.17) is 11.6 Å². The van der Waals surface area contributed by atoms with Crippen LogP contribution in [-0.2, 0) is 9.59 Å². The Morgan fingerprint density at radius 1 is 1.19 bits per heavy atom. The average Bonchev–Trinajstić information content (AvgIpc) is 3.35. The van der Waals surface area contributed by atoms with Gasteiger partial charge in [0.15, 0.2) is 5.82 Å². The Balaban J connectivity index is 1.46. The molecule has 0 aliphatic carbocycles. The Kier molecular flexibility index (Phi) is 4.35. The van der Waals surface area contributed by atoms with E-state index in [9.17, 15) is 14.7 Å². The van der Waals surface area contributed by atoms with Crippen molar-refractivity contribution in [3.05, 3.63) is 34.6 Å². The second kappa shape index (κ2) is 6.57. The molecule has 4 atom stereocenters. The number of rotatable bonds is 3. The number of thioether (sulfide) groups is 1. The molecule has 3 aliphatic rings. The largest absolute Gasteiger partial charge is 0.506 e. The number of phenolic OH excluding ortho intramolecular Hbond substituents is 1. The van der Waals surface area contributed by atoms with Crippen molar-refractivity contribution in [2.75, 3.05) is 0 Å². The Morgan fingerprint density at radius 3 is 2.58 bits per heavy atom. The van der Waals surface area contributed by atoms with Gasteiger partial charge in [-0.1, -0.05) is 17.7 Å². The summed E-state index contributed by atoms with van der Waals surface area (Å²) < 4.78 is -0.333. The molecule has 0 bridgehead atoms. The molecule has 31 heavy (non-hydrogen) atoms. The SMILES string of the molecule is CC1(C)S[C@H]2C(N3C(=O)C(c4ccc(O)c(Cl)c4)NC3(C)C)C(=O)N2C1c1nnn[nH]1. The van der Waals surface area contributed by atoms with Gasteiger partial charge < -0.3 is 14.9 Å². The zero-order valence-corrected chi connectivity index (χ0v) is 18.9. The molecule has 3 unspecified atom stereocenters. The second-order valence-corrected chi connectivity index (χ2v) is 11.2. The summed E-state index contributed by atoms with van der Waals surface area (Å²) in [6, 6.07) is 3.12. The Morgan fingerprint density at radius 2 is 1.94 bits per heavy atom. The molecule has 10 nitrogen and oxygen atoms in total. The molecule has 0 saturated carbocycles. The number of benzene rings is 1. The topological polar surface area (TPSA) is 127 Å². The highest BCUT2D eigenvalue weighted by Crippen LogP contribution is 2.58. The van der Waals surface area contributed by atoms with Crippen molar-refractivity contribution in [1.29, 1.82) is 0 Å². The van der Waals surface area contributed by atoms with E-state index in [1.807, 2.05) is 27.7 Å². The van der Waals surface area contributed by atoms with Crippen LogP contribution in [0.4, 0.5) is 0 Å². The van der Waals surface area contributed by atoms with E-state index in [1.165, 1.54) is 6.07 Å². The number of aromatic amines is 1. The highest BCUT2D eigenvalue weighted by atomic mass is 35.5. The van der Waals surface area contributed by atoms with Gasteiger partial charge in [-0.05, 0) is 55.8 Å². The molecule has 1 aromatic heterocycles. The Bertz CT molecular complexity index is 1080. The number of hydrogen-bond donors (Lipinski definition) is 3. The van der Waals surface area contributed by atoms with E-state index in [2.05, 4.69) is 25.9 Å². The molecule has 3 N–H and O–H groups in total. The third-order valence-corrected chi connectivity index (χ3v) is 8.06. The highest BCUT2D eigenvalue weighted by molar-refractivity contribution is 8.01. The number of carbonyl (C=O) groups is 2. The molecule has 3 fully saturated rings. The molecule has 164 valence electrons. The van der Waals surface area contributed by atoms with Gasteiger partial charge in [-0.15, -0.1) is 16.9 Å². The fraction of sp³-hybridized carbons (Fsp3) is 0.526. The maximum atomic E-state index is 13.5. The van der Waals surface area contributed by atoms with Crippen LogP contribution in [0.15, 0.2) is 18.2 Å². The van der Waals surface area contributed by atoms with Crippen LogP contribution in [0, 0.1) is 0 Å². The number of carbonyl (C=O) groups excluding carboxylic acids is 2. The molecule has 0 radical (unpaired) electrons. The number of fused-ring (bicyclic) bond motifs is 1. The maximum absolute atomic E-state index is 13.5. The number of nitrogens with one attached hydrogen (secondary N) is 2. The normalized spacial score (nSPS) is 31.1. The lowest BCUT2D eigenvalue weighted by Gasteiger charge is -2.50. The third kappa shape index (κ3) is 2.86. The summed E-state index contributed by atoms with van der Waals surface area (Å²) in [6.45, 7) is 7.85. The van der Waals surface area contributed by atoms with Gasteiger partial charge in [0.1, 0.15) is 29.2 Å². The van der Waals surface area contributed by atoms with E-state index >= 15 is 0 Å². The standard InChI is InChI=1S/C19H22ClN7O3S/c1-18(2)13(14-22-24-25-23-14)26-16(30)12(17(26)31-18)27-15(29)11(21-19(27,3)4)8-5-6-10(28)9(20)7-8/h5-7,11-13,17,21,28H,1-4H3,(H,22,23,24,25)/t11?,12?,13?,17-/m0/s1. The van der Waals surface area contributed by atoms with Crippen molar-refractivity contribution in [1.82, 2.24) is 35.7 Å². The van der Waals surface area contributed by atoms with Crippen molar-refractivity contribution in [3.8, 4) is 5.75 Å². The van der Waals surface area contributed by atoms with E-state index in [-0.39, 0.29) is 38.7 Å². The van der Waals surface area contributed by atoms with Crippen LogP contribution >= 0.6 is 23.4 Å². The van der Waals surface area contributed by atoms with Gasteiger partial charge in [0.25, 0.3) is 0 Å². The first-order valence-corrected chi connectivity index (χ1v) is 11.1. The molecule has 12 heteroatoms.